The summed E-state index contributed by atoms with van der Waals surface area (Å²) in [4.78, 5) is 0. The predicted molar refractivity (Wildman–Crippen MR) is 63.4 cm³/mol. The van der Waals surface area contributed by atoms with E-state index in [9.17, 15) is 0 Å². The molecule has 0 amide bonds. The fraction of sp³-hybridized carbons (Fsp3) is 0.538. The Hall–Kier alpha value is -1.06. The molecule has 3 heteroatoms. The van der Waals surface area contributed by atoms with Crippen LogP contribution >= 0.6 is 0 Å². The van der Waals surface area contributed by atoms with Gasteiger partial charge in [0.05, 0.1) is 13.7 Å². The van der Waals surface area contributed by atoms with Gasteiger partial charge >= 0.3 is 0 Å². The maximum absolute atomic E-state index is 6.30. The molecule has 1 aliphatic carbocycles. The summed E-state index contributed by atoms with van der Waals surface area (Å²) in [5.41, 5.74) is 8.45. The molecule has 0 unspecified atom stereocenters. The maximum atomic E-state index is 6.30. The molecule has 0 spiro atoms. The molecular formula is C13H19NO2. The van der Waals surface area contributed by atoms with Crippen LogP contribution in [-0.2, 0) is 16.9 Å². The minimum Gasteiger partial charge on any atom is -0.496 e. The quantitative estimate of drug-likeness (QED) is 0.847. The monoisotopic (exact) mass is 221 g/mol. The first kappa shape index (κ1) is 11.4. The second-order valence-corrected chi connectivity index (χ2v) is 4.47. The van der Waals surface area contributed by atoms with Gasteiger partial charge in [-0.1, -0.05) is 6.07 Å². The SMILES string of the molecule is COCc1cc(C2(N)CCC2)ccc1OC. The Kier molecular flexibility index (Phi) is 3.17. The Morgan fingerprint density at radius 3 is 2.56 bits per heavy atom. The van der Waals surface area contributed by atoms with E-state index in [0.717, 1.165) is 24.2 Å². The minimum atomic E-state index is -0.116. The van der Waals surface area contributed by atoms with E-state index in [0.29, 0.717) is 6.61 Å². The highest BCUT2D eigenvalue weighted by Crippen LogP contribution is 2.39. The van der Waals surface area contributed by atoms with Crippen molar-refractivity contribution < 1.29 is 9.47 Å². The van der Waals surface area contributed by atoms with Crippen LogP contribution in [0.4, 0.5) is 0 Å². The average Bonchev–Trinajstić information content (AvgIpc) is 2.26. The molecule has 0 heterocycles. The van der Waals surface area contributed by atoms with Crippen molar-refractivity contribution in [2.45, 2.75) is 31.4 Å². The number of benzene rings is 1. The molecule has 0 aliphatic heterocycles. The molecule has 1 aromatic rings. The van der Waals surface area contributed by atoms with E-state index in [4.69, 9.17) is 15.2 Å². The molecule has 1 fully saturated rings. The van der Waals surface area contributed by atoms with Crippen molar-refractivity contribution in [3.63, 3.8) is 0 Å². The molecule has 3 nitrogen and oxygen atoms in total. The number of rotatable bonds is 4. The van der Waals surface area contributed by atoms with Crippen LogP contribution in [0.3, 0.4) is 0 Å². The van der Waals surface area contributed by atoms with Gasteiger partial charge in [0.25, 0.3) is 0 Å². The molecular weight excluding hydrogens is 202 g/mol. The molecule has 2 rings (SSSR count). The number of ether oxygens (including phenoxy) is 2. The molecule has 0 atom stereocenters. The third-order valence-corrected chi connectivity index (χ3v) is 3.40. The summed E-state index contributed by atoms with van der Waals surface area (Å²) in [6, 6.07) is 6.16. The molecule has 1 saturated carbocycles. The predicted octanol–water partition coefficient (Wildman–Crippen LogP) is 2.18. The first-order chi connectivity index (χ1) is 7.69. The molecule has 0 aromatic heterocycles. The highest BCUT2D eigenvalue weighted by molar-refractivity contribution is 5.40. The van der Waals surface area contributed by atoms with Gasteiger partial charge < -0.3 is 15.2 Å². The lowest BCUT2D eigenvalue weighted by molar-refractivity contribution is 0.181. The van der Waals surface area contributed by atoms with E-state index < -0.39 is 0 Å². The average molecular weight is 221 g/mol. The van der Waals surface area contributed by atoms with Gasteiger partial charge in [0.15, 0.2) is 0 Å². The second-order valence-electron chi connectivity index (χ2n) is 4.47. The molecule has 0 bridgehead atoms. The van der Waals surface area contributed by atoms with Gasteiger partial charge in [-0.25, -0.2) is 0 Å². The van der Waals surface area contributed by atoms with Crippen LogP contribution in [-0.4, -0.2) is 14.2 Å². The van der Waals surface area contributed by atoms with E-state index in [1.54, 1.807) is 14.2 Å². The van der Waals surface area contributed by atoms with Gasteiger partial charge in [-0.05, 0) is 37.0 Å². The Labute approximate surface area is 96.5 Å². The molecule has 0 saturated heterocycles. The standard InChI is InChI=1S/C13H19NO2/c1-15-9-10-8-11(4-5-12(10)16-2)13(14)6-3-7-13/h4-5,8H,3,6-7,9,14H2,1-2H3. The summed E-state index contributed by atoms with van der Waals surface area (Å²) in [6.45, 7) is 0.563. The first-order valence-electron chi connectivity index (χ1n) is 5.65. The Morgan fingerprint density at radius 2 is 2.06 bits per heavy atom. The van der Waals surface area contributed by atoms with Gasteiger partial charge in [-0.3, -0.25) is 0 Å². The van der Waals surface area contributed by atoms with Crippen molar-refractivity contribution in [3.8, 4) is 5.75 Å². The van der Waals surface area contributed by atoms with Crippen molar-refractivity contribution in [1.82, 2.24) is 0 Å². The van der Waals surface area contributed by atoms with Crippen LogP contribution in [0, 0.1) is 0 Å². The Morgan fingerprint density at radius 1 is 1.31 bits per heavy atom. The zero-order valence-corrected chi connectivity index (χ0v) is 9.95. The smallest absolute Gasteiger partial charge is 0.124 e. The van der Waals surface area contributed by atoms with E-state index in [-0.39, 0.29) is 5.54 Å². The highest BCUT2D eigenvalue weighted by Gasteiger charge is 2.34. The summed E-state index contributed by atoms with van der Waals surface area (Å²) < 4.78 is 10.5. The molecule has 1 aromatic carbocycles. The molecule has 88 valence electrons. The largest absolute Gasteiger partial charge is 0.496 e. The third-order valence-electron chi connectivity index (χ3n) is 3.40. The van der Waals surface area contributed by atoms with Gasteiger partial charge in [0, 0.05) is 18.2 Å². The molecule has 0 radical (unpaired) electrons. The Balaban J connectivity index is 2.30. The van der Waals surface area contributed by atoms with Crippen LogP contribution in [0.5, 0.6) is 5.75 Å². The maximum Gasteiger partial charge on any atom is 0.124 e. The number of nitrogens with two attached hydrogens (primary N) is 1. The van der Waals surface area contributed by atoms with Crippen LogP contribution < -0.4 is 10.5 Å². The number of methoxy groups -OCH3 is 2. The van der Waals surface area contributed by atoms with Crippen LogP contribution in [0.25, 0.3) is 0 Å². The molecule has 2 N–H and O–H groups in total. The van der Waals surface area contributed by atoms with Crippen LogP contribution in [0.2, 0.25) is 0 Å². The summed E-state index contributed by atoms with van der Waals surface area (Å²) >= 11 is 0. The normalized spacial score (nSPS) is 17.9. The number of hydrogen-bond donors (Lipinski definition) is 1. The van der Waals surface area contributed by atoms with Crippen LogP contribution in [0.15, 0.2) is 18.2 Å². The zero-order chi connectivity index (χ0) is 11.6. The lowest BCUT2D eigenvalue weighted by Crippen LogP contribution is -2.43. The van der Waals surface area contributed by atoms with Gasteiger partial charge in [0.1, 0.15) is 5.75 Å². The van der Waals surface area contributed by atoms with Crippen molar-refractivity contribution in [2.75, 3.05) is 14.2 Å². The highest BCUT2D eigenvalue weighted by atomic mass is 16.5. The second kappa shape index (κ2) is 4.44. The topological polar surface area (TPSA) is 44.5 Å². The van der Waals surface area contributed by atoms with Crippen molar-refractivity contribution >= 4 is 0 Å². The summed E-state index contributed by atoms with van der Waals surface area (Å²) in [6.07, 6.45) is 3.37. The Bertz CT molecular complexity index is 372. The van der Waals surface area contributed by atoms with Crippen molar-refractivity contribution in [1.29, 1.82) is 0 Å². The molecule has 1 aliphatic rings. The van der Waals surface area contributed by atoms with Crippen LogP contribution in [0.1, 0.15) is 30.4 Å². The summed E-state index contributed by atoms with van der Waals surface area (Å²) in [7, 11) is 3.36. The van der Waals surface area contributed by atoms with E-state index in [1.807, 2.05) is 6.07 Å². The van der Waals surface area contributed by atoms with Gasteiger partial charge in [-0.2, -0.15) is 0 Å². The van der Waals surface area contributed by atoms with E-state index in [2.05, 4.69) is 12.1 Å². The lowest BCUT2D eigenvalue weighted by Gasteiger charge is -2.39. The van der Waals surface area contributed by atoms with Crippen molar-refractivity contribution in [3.05, 3.63) is 29.3 Å². The number of hydrogen-bond acceptors (Lipinski definition) is 3. The first-order valence-corrected chi connectivity index (χ1v) is 5.65. The van der Waals surface area contributed by atoms with E-state index >= 15 is 0 Å². The fourth-order valence-electron chi connectivity index (χ4n) is 2.20. The third kappa shape index (κ3) is 1.93. The lowest BCUT2D eigenvalue weighted by atomic mass is 9.72. The van der Waals surface area contributed by atoms with Crippen molar-refractivity contribution in [2.24, 2.45) is 5.73 Å². The summed E-state index contributed by atoms with van der Waals surface area (Å²) in [5.74, 6) is 0.869. The van der Waals surface area contributed by atoms with E-state index in [1.165, 1.54) is 12.0 Å². The zero-order valence-electron chi connectivity index (χ0n) is 9.95. The van der Waals surface area contributed by atoms with Gasteiger partial charge in [-0.15, -0.1) is 0 Å². The van der Waals surface area contributed by atoms with Gasteiger partial charge in [0.2, 0.25) is 0 Å². The molecule has 16 heavy (non-hydrogen) atoms. The minimum absolute atomic E-state index is 0.116. The fourth-order valence-corrected chi connectivity index (χ4v) is 2.20. The summed E-state index contributed by atoms with van der Waals surface area (Å²) in [5, 5.41) is 0.